The summed E-state index contributed by atoms with van der Waals surface area (Å²) in [6, 6.07) is 0. The van der Waals surface area contributed by atoms with Gasteiger partial charge in [0, 0.05) is 30.3 Å². The van der Waals surface area contributed by atoms with E-state index in [1.165, 1.54) is 20.0 Å². The Kier molecular flexibility index (Phi) is 7.08. The van der Waals surface area contributed by atoms with Crippen molar-refractivity contribution in [2.45, 2.75) is 123 Å². The summed E-state index contributed by atoms with van der Waals surface area (Å²) in [5.74, 6) is 1.59. The number of carbonyl (C=O) groups is 2. The molecule has 5 saturated carbocycles. The van der Waals surface area contributed by atoms with Crippen LogP contribution in [0.3, 0.4) is 0 Å². The molecule has 0 radical (unpaired) electrons. The van der Waals surface area contributed by atoms with Gasteiger partial charge in [-0.2, -0.15) is 0 Å². The van der Waals surface area contributed by atoms with Crippen molar-refractivity contribution in [3.8, 4) is 0 Å². The Labute approximate surface area is 257 Å². The zero-order chi connectivity index (χ0) is 30.6. The second-order valence-corrected chi connectivity index (χ2v) is 16.7. The summed E-state index contributed by atoms with van der Waals surface area (Å²) in [5.41, 5.74) is 0.293. The molecule has 2 saturated heterocycles. The highest BCUT2D eigenvalue weighted by molar-refractivity contribution is 5.69. The predicted molar refractivity (Wildman–Crippen MR) is 160 cm³/mol. The van der Waals surface area contributed by atoms with Gasteiger partial charge in [0.25, 0.3) is 0 Å². The molecular formula is C35H55NO7. The summed E-state index contributed by atoms with van der Waals surface area (Å²) < 4.78 is 23.4. The molecule has 7 fully saturated rings. The second-order valence-electron chi connectivity index (χ2n) is 16.7. The molecule has 2 aliphatic heterocycles. The Morgan fingerprint density at radius 2 is 1.67 bits per heavy atom. The molecule has 0 aromatic heterocycles. The van der Waals surface area contributed by atoms with Gasteiger partial charge in [-0.05, 0) is 97.7 Å². The normalized spacial score (nSPS) is 51.2. The van der Waals surface area contributed by atoms with E-state index in [1.807, 2.05) is 4.90 Å². The molecule has 1 amide bonds. The summed E-state index contributed by atoms with van der Waals surface area (Å²) in [7, 11) is 1.44. The molecule has 12 unspecified atom stereocenters. The zero-order valence-electron chi connectivity index (χ0n) is 27.4. The number of ether oxygens (including phenoxy) is 4. The number of rotatable bonds is 4. The minimum atomic E-state index is -0.499. The van der Waals surface area contributed by atoms with Crippen molar-refractivity contribution in [1.82, 2.24) is 4.90 Å². The Morgan fingerprint density at radius 1 is 0.977 bits per heavy atom. The lowest BCUT2D eigenvalue weighted by Crippen LogP contribution is -2.60. The maximum Gasteiger partial charge on any atom is 0.410 e. The van der Waals surface area contributed by atoms with Gasteiger partial charge in [0.05, 0.1) is 38.6 Å². The van der Waals surface area contributed by atoms with Crippen LogP contribution in [-0.2, 0) is 23.7 Å². The molecule has 1 N–H and O–H groups in total. The first-order valence-electron chi connectivity index (χ1n) is 17.3. The number of esters is 1. The molecule has 12 atom stereocenters. The van der Waals surface area contributed by atoms with Crippen LogP contribution in [0.1, 0.15) is 98.8 Å². The van der Waals surface area contributed by atoms with E-state index >= 15 is 0 Å². The highest BCUT2D eigenvalue weighted by atomic mass is 16.6. The first-order valence-corrected chi connectivity index (χ1v) is 17.3. The lowest BCUT2D eigenvalue weighted by atomic mass is 9.41. The van der Waals surface area contributed by atoms with E-state index in [0.29, 0.717) is 62.8 Å². The number of carbonyl (C=O) groups excluding carboxylic acids is 2. The topological polar surface area (TPSA) is 94.5 Å². The van der Waals surface area contributed by atoms with E-state index in [0.717, 1.165) is 38.5 Å². The largest absolute Gasteiger partial charge is 0.469 e. The molecule has 8 heteroatoms. The SMILES string of the molecule is COC(=O)CCC1CC(C)C2C(O1)C(O)C1(C)C3CCC4C(C)(C)C(OC(=O)N5CCOCC5)CCC45CC35CCC21C. The van der Waals surface area contributed by atoms with E-state index in [1.54, 1.807) is 0 Å². The third-order valence-electron chi connectivity index (χ3n) is 15.2. The van der Waals surface area contributed by atoms with Gasteiger partial charge in [-0.1, -0.05) is 34.6 Å². The predicted octanol–water partition coefficient (Wildman–Crippen LogP) is 5.59. The number of aliphatic hydroxyl groups is 1. The maximum absolute atomic E-state index is 13.1. The molecule has 7 aliphatic rings. The van der Waals surface area contributed by atoms with Crippen molar-refractivity contribution in [1.29, 1.82) is 0 Å². The molecule has 7 rings (SSSR count). The molecule has 2 heterocycles. The molecule has 43 heavy (non-hydrogen) atoms. The van der Waals surface area contributed by atoms with Gasteiger partial charge in [0.15, 0.2) is 0 Å². The standard InChI is InChI=1S/C35H55NO7/c1-21-19-22(7-10-26(37)40-6)42-28-27(21)32(4)13-14-35-20-34(35)12-11-25(43-30(39)36-15-17-41-18-16-36)31(2,3)23(34)8-9-24(35)33(32,5)29(28)38/h21-25,27-29,38H,7-20H2,1-6H3. The van der Waals surface area contributed by atoms with Crippen LogP contribution < -0.4 is 0 Å². The molecule has 242 valence electrons. The van der Waals surface area contributed by atoms with Crippen molar-refractivity contribution in [3.63, 3.8) is 0 Å². The Hall–Kier alpha value is -1.38. The fraction of sp³-hybridized carbons (Fsp3) is 0.943. The second kappa shape index (κ2) is 10.1. The smallest absolute Gasteiger partial charge is 0.410 e. The van der Waals surface area contributed by atoms with Crippen LogP contribution in [0.5, 0.6) is 0 Å². The van der Waals surface area contributed by atoms with Crippen LogP contribution in [0.15, 0.2) is 0 Å². The van der Waals surface area contributed by atoms with Gasteiger partial charge in [0.2, 0.25) is 0 Å². The summed E-state index contributed by atoms with van der Waals surface area (Å²) >= 11 is 0. The Bertz CT molecular complexity index is 1140. The van der Waals surface area contributed by atoms with Gasteiger partial charge >= 0.3 is 12.1 Å². The third-order valence-corrected chi connectivity index (χ3v) is 15.2. The van der Waals surface area contributed by atoms with Crippen LogP contribution in [0.4, 0.5) is 4.79 Å². The number of hydrogen-bond acceptors (Lipinski definition) is 7. The minimum Gasteiger partial charge on any atom is -0.469 e. The van der Waals surface area contributed by atoms with Crippen molar-refractivity contribution in [2.24, 2.45) is 50.7 Å². The summed E-state index contributed by atoms with van der Waals surface area (Å²) in [4.78, 5) is 26.8. The fourth-order valence-electron chi connectivity index (χ4n) is 13.1. The molecular weight excluding hydrogens is 546 g/mol. The Morgan fingerprint density at radius 3 is 2.40 bits per heavy atom. The molecule has 2 spiro atoms. The number of amides is 1. The first-order chi connectivity index (χ1) is 20.4. The lowest BCUT2D eigenvalue weighted by molar-refractivity contribution is -0.183. The number of methoxy groups -OCH3 is 1. The quantitative estimate of drug-likeness (QED) is 0.420. The number of aliphatic hydroxyl groups excluding tert-OH is 1. The number of fused-ring (bicyclic) bond motifs is 4. The van der Waals surface area contributed by atoms with E-state index < -0.39 is 6.10 Å². The summed E-state index contributed by atoms with van der Waals surface area (Å²) in [5, 5.41) is 12.3. The molecule has 0 aromatic carbocycles. The lowest BCUT2D eigenvalue weighted by Gasteiger charge is -2.63. The van der Waals surface area contributed by atoms with E-state index in [4.69, 9.17) is 18.9 Å². The molecule has 8 nitrogen and oxygen atoms in total. The van der Waals surface area contributed by atoms with E-state index in [2.05, 4.69) is 34.6 Å². The average Bonchev–Trinajstić information content (AvgIpc) is 3.62. The summed E-state index contributed by atoms with van der Waals surface area (Å²) in [6.45, 7) is 14.4. The van der Waals surface area contributed by atoms with Crippen molar-refractivity contribution >= 4 is 12.1 Å². The molecule has 5 aliphatic carbocycles. The number of hydrogen-bond donors (Lipinski definition) is 1. The van der Waals surface area contributed by atoms with E-state index in [-0.39, 0.29) is 57.4 Å². The first kappa shape index (κ1) is 30.3. The number of nitrogens with zero attached hydrogens (tertiary/aromatic N) is 1. The van der Waals surface area contributed by atoms with Crippen molar-refractivity contribution < 1.29 is 33.6 Å². The monoisotopic (exact) mass is 601 g/mol. The molecule has 0 aromatic rings. The summed E-state index contributed by atoms with van der Waals surface area (Å²) in [6.07, 6.45) is 9.00. The van der Waals surface area contributed by atoms with Crippen molar-refractivity contribution in [2.75, 3.05) is 33.4 Å². The number of morpholine rings is 1. The van der Waals surface area contributed by atoms with E-state index in [9.17, 15) is 14.7 Å². The van der Waals surface area contributed by atoms with Crippen LogP contribution in [0.25, 0.3) is 0 Å². The highest BCUT2D eigenvalue weighted by Crippen LogP contribution is 2.89. The van der Waals surface area contributed by atoms with Gasteiger partial charge in [0.1, 0.15) is 6.10 Å². The Balaban J connectivity index is 1.12. The average molecular weight is 602 g/mol. The van der Waals surface area contributed by atoms with Gasteiger partial charge in [-0.15, -0.1) is 0 Å². The zero-order valence-corrected chi connectivity index (χ0v) is 27.4. The minimum absolute atomic E-state index is 0.00873. The van der Waals surface area contributed by atoms with Gasteiger partial charge in [-0.25, -0.2) is 4.79 Å². The van der Waals surface area contributed by atoms with Crippen LogP contribution >= 0.6 is 0 Å². The molecule has 0 bridgehead atoms. The van der Waals surface area contributed by atoms with Crippen molar-refractivity contribution in [3.05, 3.63) is 0 Å². The van der Waals surface area contributed by atoms with Crippen LogP contribution in [-0.4, -0.2) is 79.9 Å². The van der Waals surface area contributed by atoms with Crippen LogP contribution in [0.2, 0.25) is 0 Å². The van der Waals surface area contributed by atoms with Gasteiger partial charge < -0.3 is 29.0 Å². The maximum atomic E-state index is 13.1. The highest BCUT2D eigenvalue weighted by Gasteiger charge is 2.84. The third kappa shape index (κ3) is 3.96. The van der Waals surface area contributed by atoms with Crippen LogP contribution in [0, 0.1) is 50.7 Å². The fourth-order valence-corrected chi connectivity index (χ4v) is 13.1. The van der Waals surface area contributed by atoms with Gasteiger partial charge in [-0.3, -0.25) is 4.79 Å².